The fourth-order valence-electron chi connectivity index (χ4n) is 2.49. The van der Waals surface area contributed by atoms with Gasteiger partial charge < -0.3 is 5.73 Å². The minimum atomic E-state index is 0.606. The van der Waals surface area contributed by atoms with E-state index in [0.29, 0.717) is 10.8 Å². The third-order valence-corrected chi connectivity index (χ3v) is 3.75. The quantitative estimate of drug-likeness (QED) is 0.661. The van der Waals surface area contributed by atoms with E-state index in [-0.39, 0.29) is 0 Å². The fraction of sp³-hybridized carbons (Fsp3) is 1.00. The number of rotatable bonds is 3. The van der Waals surface area contributed by atoms with E-state index in [4.69, 9.17) is 5.73 Å². The molecule has 0 heterocycles. The Kier molecular flexibility index (Phi) is 1.54. The molecule has 0 radical (unpaired) electrons. The van der Waals surface area contributed by atoms with Crippen LogP contribution in [0, 0.1) is 10.8 Å². The first-order valence-electron chi connectivity index (χ1n) is 4.88. The third kappa shape index (κ3) is 1.31. The van der Waals surface area contributed by atoms with Crippen molar-refractivity contribution in [1.82, 2.24) is 0 Å². The van der Waals surface area contributed by atoms with Crippen LogP contribution in [0.3, 0.4) is 0 Å². The average Bonchev–Trinajstić information content (AvgIpc) is 2.67. The molecule has 0 aromatic heterocycles. The van der Waals surface area contributed by atoms with E-state index >= 15 is 0 Å². The van der Waals surface area contributed by atoms with Gasteiger partial charge in [-0.1, -0.05) is 13.3 Å². The number of nitrogens with two attached hydrogens (primary N) is 1. The molecule has 0 spiro atoms. The van der Waals surface area contributed by atoms with Crippen LogP contribution in [0.4, 0.5) is 0 Å². The Morgan fingerprint density at radius 2 is 1.82 bits per heavy atom. The first-order valence-corrected chi connectivity index (χ1v) is 4.88. The number of hydrogen-bond acceptors (Lipinski definition) is 1. The van der Waals surface area contributed by atoms with Gasteiger partial charge in [-0.2, -0.15) is 0 Å². The SMILES string of the molecule is CC1(CC2(CN)CC2)CCC1. The lowest BCUT2D eigenvalue weighted by molar-refractivity contribution is 0.111. The zero-order valence-corrected chi connectivity index (χ0v) is 7.53. The summed E-state index contributed by atoms with van der Waals surface area (Å²) in [4.78, 5) is 0. The van der Waals surface area contributed by atoms with Gasteiger partial charge in [-0.3, -0.25) is 0 Å². The van der Waals surface area contributed by atoms with E-state index in [2.05, 4.69) is 6.92 Å². The molecule has 0 atom stereocenters. The maximum atomic E-state index is 5.75. The van der Waals surface area contributed by atoms with Crippen molar-refractivity contribution < 1.29 is 0 Å². The molecule has 1 nitrogen and oxygen atoms in total. The molecule has 2 N–H and O–H groups in total. The van der Waals surface area contributed by atoms with Crippen molar-refractivity contribution >= 4 is 0 Å². The van der Waals surface area contributed by atoms with Gasteiger partial charge in [0, 0.05) is 0 Å². The summed E-state index contributed by atoms with van der Waals surface area (Å²) in [6, 6.07) is 0. The minimum absolute atomic E-state index is 0.606. The molecule has 0 aromatic carbocycles. The highest BCUT2D eigenvalue weighted by Crippen LogP contribution is 2.57. The van der Waals surface area contributed by atoms with Crippen LogP contribution in [-0.2, 0) is 0 Å². The normalized spacial score (nSPS) is 31.1. The molecule has 2 rings (SSSR count). The van der Waals surface area contributed by atoms with Crippen molar-refractivity contribution in [2.24, 2.45) is 16.6 Å². The van der Waals surface area contributed by atoms with Gasteiger partial charge in [0.15, 0.2) is 0 Å². The van der Waals surface area contributed by atoms with Crippen molar-refractivity contribution in [3.8, 4) is 0 Å². The Morgan fingerprint density at radius 3 is 2.09 bits per heavy atom. The topological polar surface area (TPSA) is 26.0 Å². The van der Waals surface area contributed by atoms with Crippen LogP contribution in [0.15, 0.2) is 0 Å². The van der Waals surface area contributed by atoms with Crippen LogP contribution >= 0.6 is 0 Å². The summed E-state index contributed by atoms with van der Waals surface area (Å²) in [6.45, 7) is 3.37. The molecule has 2 aliphatic carbocycles. The zero-order valence-electron chi connectivity index (χ0n) is 7.53. The summed E-state index contributed by atoms with van der Waals surface area (Å²) in [5, 5.41) is 0. The van der Waals surface area contributed by atoms with Gasteiger partial charge in [0.05, 0.1) is 0 Å². The second kappa shape index (κ2) is 2.22. The Hall–Kier alpha value is -0.0400. The first-order chi connectivity index (χ1) is 5.18. The summed E-state index contributed by atoms with van der Waals surface area (Å²) in [7, 11) is 0. The van der Waals surface area contributed by atoms with Crippen LogP contribution < -0.4 is 5.73 Å². The summed E-state index contributed by atoms with van der Waals surface area (Å²) < 4.78 is 0. The molecule has 1 heteroatoms. The smallest absolute Gasteiger partial charge is 0.00203 e. The van der Waals surface area contributed by atoms with Crippen LogP contribution in [0.1, 0.15) is 45.4 Å². The van der Waals surface area contributed by atoms with E-state index in [1.165, 1.54) is 38.5 Å². The molecule has 2 aliphatic rings. The summed E-state index contributed by atoms with van der Waals surface area (Å²) in [5.41, 5.74) is 7.05. The standard InChI is InChI=1S/C10H19N/c1-9(3-2-4-9)7-10(8-11)5-6-10/h2-8,11H2,1H3. The molecule has 0 aromatic rings. The second-order valence-electron chi connectivity index (χ2n) is 5.05. The molecule has 0 unspecified atom stereocenters. The zero-order chi connectivity index (χ0) is 7.95. The van der Waals surface area contributed by atoms with Gasteiger partial charge in [0.1, 0.15) is 0 Å². The van der Waals surface area contributed by atoms with Gasteiger partial charge in [0.25, 0.3) is 0 Å². The summed E-state index contributed by atoms with van der Waals surface area (Å²) in [6.07, 6.45) is 8.58. The summed E-state index contributed by atoms with van der Waals surface area (Å²) in [5.74, 6) is 0. The molecule has 2 fully saturated rings. The van der Waals surface area contributed by atoms with Crippen LogP contribution in [0.25, 0.3) is 0 Å². The van der Waals surface area contributed by atoms with E-state index in [9.17, 15) is 0 Å². The van der Waals surface area contributed by atoms with Crippen molar-refractivity contribution in [3.63, 3.8) is 0 Å². The van der Waals surface area contributed by atoms with Gasteiger partial charge in [-0.05, 0) is 49.5 Å². The Labute approximate surface area is 69.4 Å². The van der Waals surface area contributed by atoms with E-state index in [1.807, 2.05) is 0 Å². The summed E-state index contributed by atoms with van der Waals surface area (Å²) >= 11 is 0. The van der Waals surface area contributed by atoms with Crippen molar-refractivity contribution in [2.45, 2.75) is 45.4 Å². The minimum Gasteiger partial charge on any atom is -0.330 e. The predicted molar refractivity (Wildman–Crippen MR) is 47.3 cm³/mol. The third-order valence-electron chi connectivity index (χ3n) is 3.75. The lowest BCUT2D eigenvalue weighted by Crippen LogP contribution is -2.31. The molecule has 2 saturated carbocycles. The van der Waals surface area contributed by atoms with Gasteiger partial charge in [-0.15, -0.1) is 0 Å². The Bertz CT molecular complexity index is 152. The lowest BCUT2D eigenvalue weighted by Gasteiger charge is -2.41. The van der Waals surface area contributed by atoms with Crippen molar-refractivity contribution in [1.29, 1.82) is 0 Å². The highest BCUT2D eigenvalue weighted by Gasteiger charge is 2.47. The Morgan fingerprint density at radius 1 is 1.18 bits per heavy atom. The van der Waals surface area contributed by atoms with E-state index in [0.717, 1.165) is 6.54 Å². The van der Waals surface area contributed by atoms with Gasteiger partial charge in [0.2, 0.25) is 0 Å². The van der Waals surface area contributed by atoms with Crippen molar-refractivity contribution in [3.05, 3.63) is 0 Å². The highest BCUT2D eigenvalue weighted by atomic mass is 14.7. The predicted octanol–water partition coefficient (Wildman–Crippen LogP) is 2.31. The van der Waals surface area contributed by atoms with Crippen LogP contribution in [0.5, 0.6) is 0 Å². The Balaban J connectivity index is 1.89. The van der Waals surface area contributed by atoms with Gasteiger partial charge in [-0.25, -0.2) is 0 Å². The monoisotopic (exact) mass is 153 g/mol. The maximum Gasteiger partial charge on any atom is -0.00203 e. The fourth-order valence-corrected chi connectivity index (χ4v) is 2.49. The molecular weight excluding hydrogens is 134 g/mol. The molecule has 64 valence electrons. The largest absolute Gasteiger partial charge is 0.330 e. The molecular formula is C10H19N. The average molecular weight is 153 g/mol. The van der Waals surface area contributed by atoms with E-state index in [1.54, 1.807) is 0 Å². The molecule has 0 bridgehead atoms. The van der Waals surface area contributed by atoms with Crippen molar-refractivity contribution in [2.75, 3.05) is 6.54 Å². The van der Waals surface area contributed by atoms with Crippen LogP contribution in [0.2, 0.25) is 0 Å². The highest BCUT2D eigenvalue weighted by molar-refractivity contribution is 5.00. The van der Waals surface area contributed by atoms with E-state index < -0.39 is 0 Å². The molecule has 0 aliphatic heterocycles. The van der Waals surface area contributed by atoms with Gasteiger partial charge >= 0.3 is 0 Å². The number of hydrogen-bond donors (Lipinski definition) is 1. The molecule has 11 heavy (non-hydrogen) atoms. The second-order valence-corrected chi connectivity index (χ2v) is 5.05. The van der Waals surface area contributed by atoms with Crippen LogP contribution in [-0.4, -0.2) is 6.54 Å². The lowest BCUT2D eigenvalue weighted by atomic mass is 9.65. The maximum absolute atomic E-state index is 5.75. The molecule has 0 amide bonds. The molecule has 0 saturated heterocycles. The first kappa shape index (κ1) is 7.60.